The van der Waals surface area contributed by atoms with Gasteiger partial charge in [0.25, 0.3) is 0 Å². The van der Waals surface area contributed by atoms with Crippen LogP contribution in [0.2, 0.25) is 0 Å². The Morgan fingerprint density at radius 2 is 1.30 bits per heavy atom. The highest BCUT2D eigenvalue weighted by atomic mass is 32.2. The SMILES string of the molecule is Cc1cc(-n2nc3ccc(SCCCCCCSc4ccc5nn(C6CC(C)CC(C(C)(C)C)C6O)nc5c4)cc3n2)c(O)c(C(C)(C)C)c1. The topological polar surface area (TPSA) is 102 Å². The smallest absolute Gasteiger partial charge is 0.146 e. The summed E-state index contributed by atoms with van der Waals surface area (Å²) in [5.41, 5.74) is 5.91. The van der Waals surface area contributed by atoms with Gasteiger partial charge in [-0.1, -0.05) is 67.4 Å². The van der Waals surface area contributed by atoms with Crippen molar-refractivity contribution in [2.24, 2.45) is 17.3 Å². The third-order valence-electron chi connectivity index (χ3n) is 10.1. The highest BCUT2D eigenvalue weighted by Gasteiger charge is 2.42. The molecule has 0 spiro atoms. The van der Waals surface area contributed by atoms with Crippen molar-refractivity contribution in [2.45, 2.75) is 121 Å². The number of unbranched alkanes of at least 4 members (excludes halogenated alkanes) is 3. The maximum absolute atomic E-state index is 11.3. The van der Waals surface area contributed by atoms with E-state index < -0.39 is 6.10 Å². The lowest BCUT2D eigenvalue weighted by molar-refractivity contribution is -0.0477. The highest BCUT2D eigenvalue weighted by Crippen LogP contribution is 2.44. The number of benzene rings is 3. The van der Waals surface area contributed by atoms with E-state index in [0.29, 0.717) is 11.6 Å². The molecule has 0 amide bonds. The van der Waals surface area contributed by atoms with Crippen molar-refractivity contribution < 1.29 is 10.2 Å². The van der Waals surface area contributed by atoms with Crippen LogP contribution in [0.1, 0.15) is 104 Å². The minimum absolute atomic E-state index is 0.0483. The first kappa shape index (κ1) is 36.7. The molecule has 2 aromatic heterocycles. The van der Waals surface area contributed by atoms with E-state index in [1.807, 2.05) is 48.6 Å². The van der Waals surface area contributed by atoms with E-state index in [9.17, 15) is 10.2 Å². The van der Waals surface area contributed by atoms with Gasteiger partial charge in [0.05, 0.1) is 12.1 Å². The molecule has 5 aromatic rings. The van der Waals surface area contributed by atoms with Gasteiger partial charge in [0.1, 0.15) is 33.5 Å². The summed E-state index contributed by atoms with van der Waals surface area (Å²) in [6.45, 7) is 17.3. The summed E-state index contributed by atoms with van der Waals surface area (Å²) in [5.74, 6) is 3.16. The maximum atomic E-state index is 11.3. The molecule has 2 N–H and O–H groups in total. The Morgan fingerprint density at radius 3 is 1.90 bits per heavy atom. The van der Waals surface area contributed by atoms with E-state index in [0.717, 1.165) is 57.5 Å². The van der Waals surface area contributed by atoms with Crippen molar-refractivity contribution in [2.75, 3.05) is 11.5 Å². The normalized spacial score (nSPS) is 20.3. The first-order valence-electron chi connectivity index (χ1n) is 18.2. The lowest BCUT2D eigenvalue weighted by atomic mass is 9.66. The van der Waals surface area contributed by atoms with E-state index in [1.54, 1.807) is 9.59 Å². The molecule has 10 heteroatoms. The summed E-state index contributed by atoms with van der Waals surface area (Å²) in [6.07, 6.45) is 6.29. The predicted octanol–water partition coefficient (Wildman–Crippen LogP) is 9.92. The fraction of sp³-hybridized carbons (Fsp3) is 0.550. The summed E-state index contributed by atoms with van der Waals surface area (Å²) in [4.78, 5) is 5.79. The van der Waals surface area contributed by atoms with Gasteiger partial charge in [0.2, 0.25) is 0 Å². The number of aliphatic hydroxyl groups excluding tert-OH is 1. The van der Waals surface area contributed by atoms with Gasteiger partial charge in [-0.2, -0.15) is 15.0 Å². The molecular weight excluding hydrogens is 661 g/mol. The van der Waals surface area contributed by atoms with Crippen LogP contribution >= 0.6 is 23.5 Å². The molecule has 0 aliphatic heterocycles. The maximum Gasteiger partial charge on any atom is 0.146 e. The number of hydrogen-bond acceptors (Lipinski definition) is 8. The Hall–Kier alpha value is -3.08. The second-order valence-electron chi connectivity index (χ2n) is 16.5. The molecule has 0 saturated heterocycles. The fourth-order valence-corrected chi connectivity index (χ4v) is 9.14. The second kappa shape index (κ2) is 14.9. The molecule has 1 aliphatic rings. The van der Waals surface area contributed by atoms with Crippen molar-refractivity contribution in [3.05, 3.63) is 59.7 Å². The second-order valence-corrected chi connectivity index (χ2v) is 18.8. The van der Waals surface area contributed by atoms with Gasteiger partial charge < -0.3 is 10.2 Å². The predicted molar refractivity (Wildman–Crippen MR) is 208 cm³/mol. The quantitative estimate of drug-likeness (QED) is 0.103. The Kier molecular flexibility index (Phi) is 10.9. The van der Waals surface area contributed by atoms with Crippen LogP contribution in [0.25, 0.3) is 27.8 Å². The summed E-state index contributed by atoms with van der Waals surface area (Å²) in [7, 11) is 0. The van der Waals surface area contributed by atoms with Gasteiger partial charge in [-0.05, 0) is 115 Å². The molecule has 1 aliphatic carbocycles. The first-order valence-corrected chi connectivity index (χ1v) is 20.2. The molecule has 3 aromatic carbocycles. The summed E-state index contributed by atoms with van der Waals surface area (Å²) in [6, 6.07) is 16.5. The molecule has 8 nitrogen and oxygen atoms in total. The lowest BCUT2D eigenvalue weighted by Gasteiger charge is -2.43. The molecule has 2 heterocycles. The monoisotopic (exact) mass is 714 g/mol. The van der Waals surface area contributed by atoms with Gasteiger partial charge in [-0.25, -0.2) is 0 Å². The van der Waals surface area contributed by atoms with Crippen LogP contribution in [0, 0.1) is 24.2 Å². The molecular formula is C40H54N6O2S2. The fourth-order valence-electron chi connectivity index (χ4n) is 7.25. The Balaban J connectivity index is 0.954. The summed E-state index contributed by atoms with van der Waals surface area (Å²) < 4.78 is 0. The summed E-state index contributed by atoms with van der Waals surface area (Å²) in [5, 5.41) is 41.4. The van der Waals surface area contributed by atoms with Gasteiger partial charge >= 0.3 is 0 Å². The van der Waals surface area contributed by atoms with Crippen LogP contribution in [-0.4, -0.2) is 57.8 Å². The van der Waals surface area contributed by atoms with Crippen molar-refractivity contribution in [3.63, 3.8) is 0 Å². The zero-order valence-corrected chi connectivity index (χ0v) is 32.6. The number of nitrogens with zero attached hydrogens (tertiary/aromatic N) is 6. The average molecular weight is 715 g/mol. The minimum atomic E-state index is -0.436. The zero-order chi connectivity index (χ0) is 35.8. The molecule has 4 unspecified atom stereocenters. The zero-order valence-electron chi connectivity index (χ0n) is 31.0. The van der Waals surface area contributed by atoms with Crippen LogP contribution in [0.15, 0.2) is 58.3 Å². The largest absolute Gasteiger partial charge is 0.505 e. The molecule has 0 radical (unpaired) electrons. The molecule has 1 saturated carbocycles. The van der Waals surface area contributed by atoms with Crippen LogP contribution in [0.5, 0.6) is 5.75 Å². The highest BCUT2D eigenvalue weighted by molar-refractivity contribution is 7.99. The van der Waals surface area contributed by atoms with Crippen molar-refractivity contribution in [1.82, 2.24) is 30.0 Å². The van der Waals surface area contributed by atoms with Crippen LogP contribution in [0.3, 0.4) is 0 Å². The number of aliphatic hydroxyl groups is 1. The van der Waals surface area contributed by atoms with E-state index in [1.165, 1.54) is 35.5 Å². The molecule has 0 bridgehead atoms. The van der Waals surface area contributed by atoms with Crippen LogP contribution < -0.4 is 0 Å². The standard InChI is InChI=1S/C40H54N6O2S2/c1-25-19-29(39(3,4)5)37(47)35(21-25)45-41-31-15-13-27(23-33(31)43-45)49-17-11-9-10-12-18-50-28-14-16-32-34(24-28)44-46(42-32)36-22-26(2)20-30(38(36)48)40(6,7)8/h13-16,19,21,23-24,26,30,36,38,47-48H,9-12,17-18,20,22H2,1-8H3. The molecule has 6 rings (SSSR count). The van der Waals surface area contributed by atoms with Crippen molar-refractivity contribution >= 4 is 45.6 Å². The number of phenolic OH excluding ortho intramolecular Hbond substituents is 1. The molecule has 50 heavy (non-hydrogen) atoms. The van der Waals surface area contributed by atoms with Gasteiger partial charge in [0, 0.05) is 15.4 Å². The molecule has 268 valence electrons. The van der Waals surface area contributed by atoms with E-state index in [4.69, 9.17) is 15.3 Å². The number of hydrogen-bond donors (Lipinski definition) is 2. The van der Waals surface area contributed by atoms with Crippen LogP contribution in [-0.2, 0) is 5.41 Å². The van der Waals surface area contributed by atoms with Crippen molar-refractivity contribution in [1.29, 1.82) is 0 Å². The Bertz CT molecular complexity index is 1940. The Labute approximate surface area is 305 Å². The number of rotatable bonds is 11. The van der Waals surface area contributed by atoms with Gasteiger partial charge in [0.15, 0.2) is 0 Å². The average Bonchev–Trinajstić information content (AvgIpc) is 3.67. The summed E-state index contributed by atoms with van der Waals surface area (Å²) >= 11 is 3.75. The Morgan fingerprint density at radius 1 is 0.740 bits per heavy atom. The van der Waals surface area contributed by atoms with E-state index in [-0.39, 0.29) is 28.5 Å². The third kappa shape index (κ3) is 8.34. The number of aromatic hydroxyl groups is 1. The number of phenols is 1. The van der Waals surface area contributed by atoms with Crippen molar-refractivity contribution in [3.8, 4) is 11.4 Å². The number of thioether (sulfide) groups is 2. The third-order valence-corrected chi connectivity index (χ3v) is 12.2. The molecule has 4 atom stereocenters. The number of fused-ring (bicyclic) bond motifs is 2. The van der Waals surface area contributed by atoms with Crippen LogP contribution in [0.4, 0.5) is 0 Å². The van der Waals surface area contributed by atoms with E-state index >= 15 is 0 Å². The van der Waals surface area contributed by atoms with Gasteiger partial charge in [-0.3, -0.25) is 0 Å². The number of aromatic nitrogens is 6. The van der Waals surface area contributed by atoms with Gasteiger partial charge in [-0.15, -0.1) is 38.5 Å². The lowest BCUT2D eigenvalue weighted by Crippen LogP contribution is -2.44. The first-order chi connectivity index (χ1) is 23.7. The number of aryl methyl sites for hydroxylation is 1. The minimum Gasteiger partial charge on any atom is -0.505 e. The van der Waals surface area contributed by atoms with E-state index in [2.05, 4.69) is 83.9 Å². The molecule has 1 fully saturated rings.